The number of carbonyl (C=O) groups is 1. The Morgan fingerprint density at radius 3 is 2.84 bits per heavy atom. The number of hydrogen-bond acceptors (Lipinski definition) is 7. The summed E-state index contributed by atoms with van der Waals surface area (Å²) in [5.74, 6) is 0.615. The molecule has 1 atom stereocenters. The van der Waals surface area contributed by atoms with E-state index in [0.717, 1.165) is 31.3 Å². The molecule has 0 amide bonds. The average Bonchev–Trinajstić information content (AvgIpc) is 3.15. The Hall–Kier alpha value is -1.96. The molecule has 1 fully saturated rings. The summed E-state index contributed by atoms with van der Waals surface area (Å²) in [4.78, 5) is 20.2. The number of nitrogens with zero attached hydrogens (tertiary/aromatic N) is 3. The Morgan fingerprint density at radius 1 is 1.36 bits per heavy atom. The van der Waals surface area contributed by atoms with Crippen LogP contribution in [0.1, 0.15) is 17.3 Å². The summed E-state index contributed by atoms with van der Waals surface area (Å²) in [7, 11) is 0. The highest BCUT2D eigenvalue weighted by molar-refractivity contribution is 7.13. The van der Waals surface area contributed by atoms with Gasteiger partial charge in [0.2, 0.25) is 0 Å². The van der Waals surface area contributed by atoms with Crippen LogP contribution in [0, 0.1) is 0 Å². The molecule has 1 aromatic carbocycles. The van der Waals surface area contributed by atoms with Crippen molar-refractivity contribution in [1.82, 2.24) is 9.88 Å². The van der Waals surface area contributed by atoms with Gasteiger partial charge in [-0.25, -0.2) is 4.98 Å². The Bertz CT molecular complexity index is 685. The minimum absolute atomic E-state index is 0.00380. The van der Waals surface area contributed by atoms with E-state index in [1.54, 1.807) is 35.6 Å². The number of ether oxygens (including phenoxy) is 1. The molecule has 7 heteroatoms. The zero-order valence-electron chi connectivity index (χ0n) is 14.3. The van der Waals surface area contributed by atoms with Crippen LogP contribution in [0.2, 0.25) is 0 Å². The second kappa shape index (κ2) is 8.42. The zero-order chi connectivity index (χ0) is 17.6. The van der Waals surface area contributed by atoms with Crippen molar-refractivity contribution in [2.45, 2.75) is 13.0 Å². The second-order valence-electron chi connectivity index (χ2n) is 6.15. The number of hydrogen-bond donors (Lipinski definition) is 1. The van der Waals surface area contributed by atoms with E-state index >= 15 is 0 Å². The lowest BCUT2D eigenvalue weighted by molar-refractivity contribution is 0.0663. The van der Waals surface area contributed by atoms with Gasteiger partial charge >= 0.3 is 0 Å². The molecule has 25 heavy (non-hydrogen) atoms. The molecule has 1 N–H and O–H groups in total. The van der Waals surface area contributed by atoms with Gasteiger partial charge in [0.25, 0.3) is 0 Å². The first kappa shape index (κ1) is 17.8. The fourth-order valence-electron chi connectivity index (χ4n) is 2.84. The third-order valence-corrected chi connectivity index (χ3v) is 5.05. The van der Waals surface area contributed by atoms with Gasteiger partial charge in [-0.05, 0) is 19.1 Å². The standard InChI is InChI=1S/C18H23N3O3S/c1-14(22)15-3-2-4-17(11-15)24-13-16(23)12-20-6-8-21(9-7-20)18-19-5-10-25-18/h2-5,10-11,16,23H,6-9,12-13H2,1H3. The van der Waals surface area contributed by atoms with E-state index in [-0.39, 0.29) is 12.4 Å². The van der Waals surface area contributed by atoms with Crippen molar-refractivity contribution in [3.63, 3.8) is 0 Å². The Kier molecular flexibility index (Phi) is 6.01. The van der Waals surface area contributed by atoms with Gasteiger partial charge in [-0.3, -0.25) is 9.69 Å². The van der Waals surface area contributed by atoms with E-state index in [1.807, 2.05) is 11.6 Å². The fourth-order valence-corrected chi connectivity index (χ4v) is 3.54. The van der Waals surface area contributed by atoms with Crippen LogP contribution >= 0.6 is 11.3 Å². The summed E-state index contributed by atoms with van der Waals surface area (Å²) < 4.78 is 5.63. The molecule has 0 saturated carbocycles. The van der Waals surface area contributed by atoms with Gasteiger partial charge in [0.05, 0.1) is 0 Å². The summed E-state index contributed by atoms with van der Waals surface area (Å²) in [5.41, 5.74) is 0.616. The van der Waals surface area contributed by atoms with E-state index in [4.69, 9.17) is 4.74 Å². The Labute approximate surface area is 151 Å². The maximum atomic E-state index is 11.4. The highest BCUT2D eigenvalue weighted by Gasteiger charge is 2.20. The molecule has 0 bridgehead atoms. The van der Waals surface area contributed by atoms with Crippen LogP contribution in [-0.4, -0.2) is 66.2 Å². The first-order valence-electron chi connectivity index (χ1n) is 8.40. The van der Waals surface area contributed by atoms with Gasteiger partial charge in [0, 0.05) is 49.9 Å². The van der Waals surface area contributed by atoms with Crippen molar-refractivity contribution in [3.05, 3.63) is 41.4 Å². The molecule has 1 aliphatic rings. The second-order valence-corrected chi connectivity index (χ2v) is 7.02. The maximum Gasteiger partial charge on any atom is 0.185 e. The first-order chi connectivity index (χ1) is 12.1. The van der Waals surface area contributed by atoms with Crippen LogP contribution < -0.4 is 9.64 Å². The van der Waals surface area contributed by atoms with Gasteiger partial charge in [-0.15, -0.1) is 11.3 Å². The highest BCUT2D eigenvalue weighted by Crippen LogP contribution is 2.19. The molecule has 0 radical (unpaired) electrons. The molecular weight excluding hydrogens is 338 g/mol. The minimum atomic E-state index is -0.563. The van der Waals surface area contributed by atoms with Crippen molar-refractivity contribution >= 4 is 22.3 Å². The van der Waals surface area contributed by atoms with Gasteiger partial charge < -0.3 is 14.7 Å². The predicted molar refractivity (Wildman–Crippen MR) is 98.7 cm³/mol. The SMILES string of the molecule is CC(=O)c1cccc(OCC(O)CN2CCN(c3nccs3)CC2)c1. The monoisotopic (exact) mass is 361 g/mol. The van der Waals surface area contributed by atoms with E-state index in [1.165, 1.54) is 6.92 Å². The molecule has 3 rings (SSSR count). The van der Waals surface area contributed by atoms with E-state index in [2.05, 4.69) is 14.8 Å². The molecule has 1 aliphatic heterocycles. The molecule has 6 nitrogen and oxygen atoms in total. The van der Waals surface area contributed by atoms with Crippen LogP contribution in [0.5, 0.6) is 5.75 Å². The van der Waals surface area contributed by atoms with Gasteiger partial charge in [-0.2, -0.15) is 0 Å². The maximum absolute atomic E-state index is 11.4. The third-order valence-electron chi connectivity index (χ3n) is 4.21. The van der Waals surface area contributed by atoms with Gasteiger partial charge in [-0.1, -0.05) is 12.1 Å². The number of carbonyl (C=O) groups excluding carboxylic acids is 1. The minimum Gasteiger partial charge on any atom is -0.491 e. The lowest BCUT2D eigenvalue weighted by Crippen LogP contribution is -2.49. The zero-order valence-corrected chi connectivity index (χ0v) is 15.1. The molecular formula is C18H23N3O3S. The average molecular weight is 361 g/mol. The molecule has 1 aromatic heterocycles. The lowest BCUT2D eigenvalue weighted by atomic mass is 10.1. The largest absolute Gasteiger partial charge is 0.491 e. The van der Waals surface area contributed by atoms with E-state index < -0.39 is 6.10 Å². The molecule has 1 saturated heterocycles. The Balaban J connectivity index is 1.42. The summed E-state index contributed by atoms with van der Waals surface area (Å²) in [6.45, 7) is 5.96. The van der Waals surface area contributed by atoms with Crippen molar-refractivity contribution < 1.29 is 14.6 Å². The number of aliphatic hydroxyl groups is 1. The van der Waals surface area contributed by atoms with Crippen LogP contribution in [0.15, 0.2) is 35.8 Å². The predicted octanol–water partition coefficient (Wildman–Crippen LogP) is 1.91. The van der Waals surface area contributed by atoms with Crippen LogP contribution in [0.25, 0.3) is 0 Å². The number of Topliss-reactive ketones (excluding diaryl/α,β-unsaturated/α-hetero) is 1. The number of β-amino-alcohol motifs (C(OH)–C–C–N with tert-alkyl or cyclic N) is 1. The van der Waals surface area contributed by atoms with Crippen molar-refractivity contribution in [3.8, 4) is 5.75 Å². The number of ketones is 1. The fraction of sp³-hybridized carbons (Fsp3) is 0.444. The number of aliphatic hydroxyl groups excluding tert-OH is 1. The number of thiazole rings is 1. The summed E-state index contributed by atoms with van der Waals surface area (Å²) in [6, 6.07) is 7.05. The van der Waals surface area contributed by atoms with E-state index in [0.29, 0.717) is 17.9 Å². The molecule has 1 unspecified atom stereocenters. The number of aromatic nitrogens is 1. The lowest BCUT2D eigenvalue weighted by Gasteiger charge is -2.35. The van der Waals surface area contributed by atoms with Crippen molar-refractivity contribution in [1.29, 1.82) is 0 Å². The normalized spacial score (nSPS) is 16.6. The third kappa shape index (κ3) is 5.01. The number of rotatable bonds is 7. The molecule has 0 aliphatic carbocycles. The molecule has 134 valence electrons. The van der Waals surface area contributed by atoms with Gasteiger partial charge in [0.1, 0.15) is 18.5 Å². The summed E-state index contributed by atoms with van der Waals surface area (Å²) in [5, 5.41) is 13.3. The van der Waals surface area contributed by atoms with E-state index in [9.17, 15) is 9.90 Å². The number of anilines is 1. The van der Waals surface area contributed by atoms with Crippen LogP contribution in [-0.2, 0) is 0 Å². The number of benzene rings is 1. The quantitative estimate of drug-likeness (QED) is 0.760. The summed E-state index contributed by atoms with van der Waals surface area (Å²) in [6.07, 6.45) is 1.27. The smallest absolute Gasteiger partial charge is 0.185 e. The van der Waals surface area contributed by atoms with Gasteiger partial charge in [0.15, 0.2) is 10.9 Å². The topological polar surface area (TPSA) is 65.9 Å². The molecule has 2 heterocycles. The van der Waals surface area contributed by atoms with Crippen LogP contribution in [0.3, 0.4) is 0 Å². The highest BCUT2D eigenvalue weighted by atomic mass is 32.1. The van der Waals surface area contributed by atoms with Crippen molar-refractivity contribution in [2.24, 2.45) is 0 Å². The first-order valence-corrected chi connectivity index (χ1v) is 9.28. The molecule has 2 aromatic rings. The van der Waals surface area contributed by atoms with Crippen molar-refractivity contribution in [2.75, 3.05) is 44.2 Å². The number of piperazine rings is 1. The van der Waals surface area contributed by atoms with Crippen LogP contribution in [0.4, 0.5) is 5.13 Å². The Morgan fingerprint density at radius 2 is 2.16 bits per heavy atom. The summed E-state index contributed by atoms with van der Waals surface area (Å²) >= 11 is 1.66. The molecule has 0 spiro atoms.